The highest BCUT2D eigenvalue weighted by Gasteiger charge is 2.17. The molecular formula is C22H29NO6. The van der Waals surface area contributed by atoms with Gasteiger partial charge in [0.25, 0.3) is 0 Å². The minimum Gasteiger partial charge on any atom is -0.493 e. The largest absolute Gasteiger partial charge is 0.493 e. The molecule has 1 N–H and O–H groups in total. The van der Waals surface area contributed by atoms with Gasteiger partial charge < -0.3 is 18.9 Å². The van der Waals surface area contributed by atoms with Crippen LogP contribution in [0.15, 0.2) is 36.4 Å². The van der Waals surface area contributed by atoms with E-state index >= 15 is 0 Å². The lowest BCUT2D eigenvalue weighted by molar-refractivity contribution is -0.148. The lowest BCUT2D eigenvalue weighted by Crippen LogP contribution is -2.27. The fraction of sp³-hybridized carbons (Fsp3) is 0.455. The molecule has 0 unspecified atom stereocenters. The van der Waals surface area contributed by atoms with Crippen molar-refractivity contribution in [3.63, 3.8) is 0 Å². The third-order valence-corrected chi connectivity index (χ3v) is 3.73. The summed E-state index contributed by atoms with van der Waals surface area (Å²) < 4.78 is 21.3. The highest BCUT2D eigenvalue weighted by Crippen LogP contribution is 2.31. The molecule has 0 spiro atoms. The summed E-state index contributed by atoms with van der Waals surface area (Å²) in [6, 6.07) is 11.3. The molecule has 2 aromatic carbocycles. The van der Waals surface area contributed by atoms with Gasteiger partial charge in [-0.3, -0.25) is 5.32 Å². The Hall–Kier alpha value is -2.80. The zero-order valence-corrected chi connectivity index (χ0v) is 17.4. The molecule has 0 aliphatic carbocycles. The molecule has 29 heavy (non-hydrogen) atoms. The summed E-state index contributed by atoms with van der Waals surface area (Å²) in [6.07, 6.45) is 0.126. The van der Waals surface area contributed by atoms with Gasteiger partial charge in [-0.1, -0.05) is 24.3 Å². The normalized spacial score (nSPS) is 11.2. The molecule has 1 amide bonds. The van der Waals surface area contributed by atoms with Crippen LogP contribution < -0.4 is 10.1 Å². The SMILES string of the molecule is CCOC(=O)COCCCOc1cccc2c(NC(=O)OC(C)(C)C)cccc12. The maximum Gasteiger partial charge on any atom is 0.412 e. The monoisotopic (exact) mass is 403 g/mol. The van der Waals surface area contributed by atoms with Crippen molar-refractivity contribution < 1.29 is 28.5 Å². The van der Waals surface area contributed by atoms with Gasteiger partial charge in [-0.25, -0.2) is 9.59 Å². The van der Waals surface area contributed by atoms with Crippen LogP contribution in [0, 0.1) is 0 Å². The highest BCUT2D eigenvalue weighted by atomic mass is 16.6. The fourth-order valence-electron chi connectivity index (χ4n) is 2.63. The van der Waals surface area contributed by atoms with Crippen molar-refractivity contribution in [1.29, 1.82) is 0 Å². The van der Waals surface area contributed by atoms with Gasteiger partial charge in [0.15, 0.2) is 0 Å². The summed E-state index contributed by atoms with van der Waals surface area (Å²) in [5.74, 6) is 0.341. The Morgan fingerprint density at radius 3 is 2.45 bits per heavy atom. The van der Waals surface area contributed by atoms with Crippen molar-refractivity contribution in [2.75, 3.05) is 31.7 Å². The van der Waals surface area contributed by atoms with Gasteiger partial charge in [0.1, 0.15) is 18.0 Å². The van der Waals surface area contributed by atoms with E-state index in [1.807, 2.05) is 57.2 Å². The molecule has 0 aromatic heterocycles. The predicted octanol–water partition coefficient (Wildman–Crippen LogP) is 4.54. The van der Waals surface area contributed by atoms with Crippen molar-refractivity contribution in [1.82, 2.24) is 0 Å². The van der Waals surface area contributed by atoms with E-state index in [1.165, 1.54) is 0 Å². The van der Waals surface area contributed by atoms with E-state index in [2.05, 4.69) is 5.32 Å². The topological polar surface area (TPSA) is 83.1 Å². The second-order valence-electron chi connectivity index (χ2n) is 7.34. The van der Waals surface area contributed by atoms with Crippen molar-refractivity contribution in [3.8, 4) is 5.75 Å². The predicted molar refractivity (Wildman–Crippen MR) is 111 cm³/mol. The number of carbonyl (C=O) groups excluding carboxylic acids is 2. The number of ether oxygens (including phenoxy) is 4. The molecule has 0 aliphatic rings. The lowest BCUT2D eigenvalue weighted by atomic mass is 10.1. The van der Waals surface area contributed by atoms with Gasteiger partial charge in [-0.05, 0) is 39.8 Å². The van der Waals surface area contributed by atoms with Gasteiger partial charge in [0, 0.05) is 17.2 Å². The van der Waals surface area contributed by atoms with Crippen molar-refractivity contribution >= 4 is 28.5 Å². The average Bonchev–Trinajstić information content (AvgIpc) is 2.63. The van der Waals surface area contributed by atoms with Crippen LogP contribution >= 0.6 is 0 Å². The quantitative estimate of drug-likeness (QED) is 0.489. The second-order valence-corrected chi connectivity index (χ2v) is 7.34. The maximum atomic E-state index is 12.1. The van der Waals surface area contributed by atoms with Gasteiger partial charge >= 0.3 is 12.1 Å². The Balaban J connectivity index is 1.94. The molecule has 2 rings (SSSR count). The van der Waals surface area contributed by atoms with Crippen LogP contribution in [-0.2, 0) is 19.0 Å². The summed E-state index contributed by atoms with van der Waals surface area (Å²) in [4.78, 5) is 23.3. The number of carbonyl (C=O) groups is 2. The summed E-state index contributed by atoms with van der Waals surface area (Å²) in [6.45, 7) is 8.33. The van der Waals surface area contributed by atoms with Crippen LogP contribution in [-0.4, -0.2) is 44.1 Å². The number of esters is 1. The van der Waals surface area contributed by atoms with E-state index < -0.39 is 11.7 Å². The fourth-order valence-corrected chi connectivity index (χ4v) is 2.63. The molecule has 0 bridgehead atoms. The number of anilines is 1. The molecule has 2 aromatic rings. The first-order valence-electron chi connectivity index (χ1n) is 9.68. The maximum absolute atomic E-state index is 12.1. The Morgan fingerprint density at radius 1 is 1.00 bits per heavy atom. The number of hydrogen-bond donors (Lipinski definition) is 1. The first-order chi connectivity index (χ1) is 13.8. The molecule has 0 saturated heterocycles. The van der Waals surface area contributed by atoms with E-state index in [0.717, 1.165) is 10.8 Å². The first kappa shape index (κ1) is 22.5. The van der Waals surface area contributed by atoms with E-state index in [1.54, 1.807) is 6.92 Å². The van der Waals surface area contributed by atoms with Gasteiger partial charge in [-0.2, -0.15) is 0 Å². The number of rotatable bonds is 9. The van der Waals surface area contributed by atoms with Crippen molar-refractivity contribution in [2.24, 2.45) is 0 Å². The zero-order valence-electron chi connectivity index (χ0n) is 17.4. The van der Waals surface area contributed by atoms with Crippen molar-refractivity contribution in [3.05, 3.63) is 36.4 Å². The van der Waals surface area contributed by atoms with Crippen LogP contribution in [0.3, 0.4) is 0 Å². The molecule has 0 radical (unpaired) electrons. The Labute approximate surface area is 171 Å². The van der Waals surface area contributed by atoms with Gasteiger partial charge in [0.2, 0.25) is 0 Å². The Kier molecular flexibility index (Phi) is 8.27. The highest BCUT2D eigenvalue weighted by molar-refractivity contribution is 6.02. The van der Waals surface area contributed by atoms with Crippen LogP contribution in [0.1, 0.15) is 34.1 Å². The smallest absolute Gasteiger partial charge is 0.412 e. The van der Waals surface area contributed by atoms with Crippen molar-refractivity contribution in [2.45, 2.75) is 39.7 Å². The van der Waals surface area contributed by atoms with E-state index in [4.69, 9.17) is 18.9 Å². The Morgan fingerprint density at radius 2 is 1.72 bits per heavy atom. The first-order valence-corrected chi connectivity index (χ1v) is 9.68. The lowest BCUT2D eigenvalue weighted by Gasteiger charge is -2.20. The summed E-state index contributed by atoms with van der Waals surface area (Å²) in [7, 11) is 0. The van der Waals surface area contributed by atoms with Crippen LogP contribution in [0.4, 0.5) is 10.5 Å². The third kappa shape index (κ3) is 7.62. The number of nitrogens with one attached hydrogen (secondary N) is 1. The second kappa shape index (κ2) is 10.7. The summed E-state index contributed by atoms with van der Waals surface area (Å²) in [5.41, 5.74) is 0.0816. The molecular weight excluding hydrogens is 374 g/mol. The van der Waals surface area contributed by atoms with Crippen LogP contribution in [0.5, 0.6) is 5.75 Å². The third-order valence-electron chi connectivity index (χ3n) is 3.73. The molecule has 0 aliphatic heterocycles. The molecule has 7 nitrogen and oxygen atoms in total. The average molecular weight is 403 g/mol. The number of fused-ring (bicyclic) bond motifs is 1. The van der Waals surface area contributed by atoms with Gasteiger partial charge in [-0.15, -0.1) is 0 Å². The molecule has 0 saturated carbocycles. The molecule has 7 heteroatoms. The standard InChI is InChI=1S/C22H29NO6/c1-5-27-20(24)15-26-13-8-14-28-19-12-7-9-16-17(19)10-6-11-18(16)23-21(25)29-22(2,3)4/h6-7,9-12H,5,8,13-15H2,1-4H3,(H,23,25). The zero-order chi connectivity index (χ0) is 21.3. The molecule has 158 valence electrons. The summed E-state index contributed by atoms with van der Waals surface area (Å²) in [5, 5.41) is 4.53. The van der Waals surface area contributed by atoms with E-state index in [-0.39, 0.29) is 12.6 Å². The van der Waals surface area contributed by atoms with E-state index in [0.29, 0.717) is 37.7 Å². The number of hydrogen-bond acceptors (Lipinski definition) is 6. The van der Waals surface area contributed by atoms with Crippen LogP contribution in [0.25, 0.3) is 10.8 Å². The molecule has 0 atom stereocenters. The summed E-state index contributed by atoms with van der Waals surface area (Å²) >= 11 is 0. The number of amides is 1. The number of benzene rings is 2. The Bertz CT molecular complexity index is 828. The molecule has 0 fully saturated rings. The minimum absolute atomic E-state index is 0.0538. The van der Waals surface area contributed by atoms with Gasteiger partial charge in [0.05, 0.1) is 25.5 Å². The van der Waals surface area contributed by atoms with E-state index in [9.17, 15) is 9.59 Å². The minimum atomic E-state index is -0.571. The molecule has 0 heterocycles. The van der Waals surface area contributed by atoms with Crippen LogP contribution in [0.2, 0.25) is 0 Å².